The maximum absolute atomic E-state index is 13.2. The van der Waals surface area contributed by atoms with Crippen LogP contribution in [0.3, 0.4) is 0 Å². The number of carbonyl (C=O) groups excluding carboxylic acids is 3. The number of rotatable bonds is 2. The van der Waals surface area contributed by atoms with Gasteiger partial charge in [-0.15, -0.1) is 0 Å². The summed E-state index contributed by atoms with van der Waals surface area (Å²) >= 11 is 0. The van der Waals surface area contributed by atoms with Crippen molar-refractivity contribution in [3.05, 3.63) is 29.3 Å². The molecule has 7 heteroatoms. The van der Waals surface area contributed by atoms with Gasteiger partial charge in [-0.3, -0.25) is 24.6 Å². The molecule has 0 radical (unpaired) electrons. The van der Waals surface area contributed by atoms with Gasteiger partial charge in [0, 0.05) is 50.4 Å². The first-order valence-corrected chi connectivity index (χ1v) is 10.0. The molecule has 1 aromatic rings. The SMILES string of the molecule is CC(C)(C)N1CCN(c2cccc3c2C(=O)N(C2CCC(=O)NC2=O)C3)CC1. The molecule has 1 aromatic carbocycles. The average Bonchev–Trinajstić information content (AvgIpc) is 2.98. The molecule has 0 bridgehead atoms. The van der Waals surface area contributed by atoms with Crippen LogP contribution in [0.25, 0.3) is 0 Å². The first kappa shape index (κ1) is 18.9. The number of benzene rings is 1. The predicted octanol–water partition coefficient (Wildman–Crippen LogP) is 1.37. The van der Waals surface area contributed by atoms with Crippen molar-refractivity contribution in [1.29, 1.82) is 0 Å². The van der Waals surface area contributed by atoms with Crippen molar-refractivity contribution in [3.8, 4) is 0 Å². The van der Waals surface area contributed by atoms with E-state index in [1.807, 2.05) is 18.2 Å². The third-order valence-electron chi connectivity index (χ3n) is 6.10. The molecule has 4 rings (SSSR count). The standard InChI is InChI=1S/C21H28N4O3/c1-21(2,3)24-11-9-23(10-12-24)15-6-4-5-14-13-25(20(28)18(14)15)16-7-8-17(26)22-19(16)27/h4-6,16H,7-13H2,1-3H3,(H,22,26,27). The molecule has 3 amide bonds. The summed E-state index contributed by atoms with van der Waals surface area (Å²) in [7, 11) is 0. The summed E-state index contributed by atoms with van der Waals surface area (Å²) in [6.45, 7) is 10.8. The number of imide groups is 1. The number of piperidine rings is 1. The molecule has 0 aliphatic carbocycles. The number of amides is 3. The second kappa shape index (κ2) is 6.88. The van der Waals surface area contributed by atoms with Gasteiger partial charge in [-0.25, -0.2) is 0 Å². The number of anilines is 1. The minimum atomic E-state index is -0.566. The largest absolute Gasteiger partial charge is 0.368 e. The highest BCUT2D eigenvalue weighted by Gasteiger charge is 2.41. The maximum Gasteiger partial charge on any atom is 0.257 e. The zero-order chi connectivity index (χ0) is 20.1. The van der Waals surface area contributed by atoms with Gasteiger partial charge in [-0.1, -0.05) is 12.1 Å². The van der Waals surface area contributed by atoms with Gasteiger partial charge >= 0.3 is 0 Å². The number of hydrogen-bond donors (Lipinski definition) is 1. The molecule has 7 nitrogen and oxygen atoms in total. The van der Waals surface area contributed by atoms with Crippen LogP contribution in [0.1, 0.15) is 49.5 Å². The lowest BCUT2D eigenvalue weighted by Crippen LogP contribution is -2.54. The van der Waals surface area contributed by atoms with Crippen LogP contribution in [-0.2, 0) is 16.1 Å². The van der Waals surface area contributed by atoms with Crippen molar-refractivity contribution in [1.82, 2.24) is 15.1 Å². The van der Waals surface area contributed by atoms with Crippen molar-refractivity contribution in [2.24, 2.45) is 0 Å². The molecule has 3 aliphatic rings. The smallest absolute Gasteiger partial charge is 0.257 e. The summed E-state index contributed by atoms with van der Waals surface area (Å²) < 4.78 is 0. The minimum Gasteiger partial charge on any atom is -0.368 e. The molecule has 2 fully saturated rings. The molecule has 28 heavy (non-hydrogen) atoms. The van der Waals surface area contributed by atoms with E-state index in [0.29, 0.717) is 13.0 Å². The van der Waals surface area contributed by atoms with E-state index in [1.54, 1.807) is 4.90 Å². The van der Waals surface area contributed by atoms with E-state index in [-0.39, 0.29) is 29.7 Å². The Morgan fingerprint density at radius 2 is 1.75 bits per heavy atom. The minimum absolute atomic E-state index is 0.0988. The Bertz CT molecular complexity index is 821. The molecule has 3 heterocycles. The molecular weight excluding hydrogens is 356 g/mol. The van der Waals surface area contributed by atoms with Crippen molar-refractivity contribution >= 4 is 23.4 Å². The Kier molecular flexibility index (Phi) is 4.65. The number of nitrogens with one attached hydrogen (secondary N) is 1. The summed E-state index contributed by atoms with van der Waals surface area (Å²) in [5.41, 5.74) is 2.79. The highest BCUT2D eigenvalue weighted by atomic mass is 16.2. The molecule has 1 atom stereocenters. The quantitative estimate of drug-likeness (QED) is 0.780. The number of piperazine rings is 1. The molecule has 2 saturated heterocycles. The lowest BCUT2D eigenvalue weighted by molar-refractivity contribution is -0.136. The van der Waals surface area contributed by atoms with Crippen LogP contribution < -0.4 is 10.2 Å². The van der Waals surface area contributed by atoms with Crippen LogP contribution in [0.5, 0.6) is 0 Å². The zero-order valence-electron chi connectivity index (χ0n) is 16.8. The van der Waals surface area contributed by atoms with E-state index >= 15 is 0 Å². The number of carbonyl (C=O) groups is 3. The van der Waals surface area contributed by atoms with E-state index in [2.05, 4.69) is 35.9 Å². The number of nitrogens with zero attached hydrogens (tertiary/aromatic N) is 3. The molecule has 1 N–H and O–H groups in total. The van der Waals surface area contributed by atoms with Crippen LogP contribution in [0.4, 0.5) is 5.69 Å². The molecule has 3 aliphatic heterocycles. The first-order chi connectivity index (χ1) is 13.3. The molecule has 0 aromatic heterocycles. The summed E-state index contributed by atoms with van der Waals surface area (Å²) in [5, 5.41) is 2.36. The fourth-order valence-electron chi connectivity index (χ4n) is 4.48. The normalized spacial score (nSPS) is 23.8. The van der Waals surface area contributed by atoms with E-state index in [1.165, 1.54) is 0 Å². The van der Waals surface area contributed by atoms with E-state index in [4.69, 9.17) is 0 Å². The van der Waals surface area contributed by atoms with Crippen LogP contribution in [0.2, 0.25) is 0 Å². The van der Waals surface area contributed by atoms with Crippen molar-refractivity contribution < 1.29 is 14.4 Å². The summed E-state index contributed by atoms with van der Waals surface area (Å²) in [4.78, 5) is 43.3. The van der Waals surface area contributed by atoms with Gasteiger partial charge < -0.3 is 9.80 Å². The summed E-state index contributed by atoms with van der Waals surface area (Å²) in [6.07, 6.45) is 0.669. The van der Waals surface area contributed by atoms with Gasteiger partial charge in [0.1, 0.15) is 6.04 Å². The molecule has 1 unspecified atom stereocenters. The highest BCUT2D eigenvalue weighted by molar-refractivity contribution is 6.08. The Hall–Kier alpha value is -2.41. The Labute approximate surface area is 165 Å². The summed E-state index contributed by atoms with van der Waals surface area (Å²) in [5.74, 6) is -0.723. The molecule has 0 saturated carbocycles. The second-order valence-electron chi connectivity index (χ2n) is 8.86. The van der Waals surface area contributed by atoms with E-state index in [0.717, 1.165) is 43.0 Å². The molecule has 150 valence electrons. The third-order valence-corrected chi connectivity index (χ3v) is 6.10. The van der Waals surface area contributed by atoms with Crippen LogP contribution in [0.15, 0.2) is 18.2 Å². The van der Waals surface area contributed by atoms with Gasteiger partial charge in [-0.2, -0.15) is 0 Å². The lowest BCUT2D eigenvalue weighted by Gasteiger charge is -2.43. The summed E-state index contributed by atoms with van der Waals surface area (Å²) in [6, 6.07) is 5.40. The first-order valence-electron chi connectivity index (χ1n) is 10.0. The van der Waals surface area contributed by atoms with Gasteiger partial charge in [0.05, 0.1) is 5.56 Å². The zero-order valence-corrected chi connectivity index (χ0v) is 16.8. The van der Waals surface area contributed by atoms with Crippen LogP contribution in [-0.4, -0.2) is 65.3 Å². The van der Waals surface area contributed by atoms with Crippen molar-refractivity contribution in [2.75, 3.05) is 31.1 Å². The Morgan fingerprint density at radius 1 is 1.04 bits per heavy atom. The van der Waals surface area contributed by atoms with E-state index < -0.39 is 6.04 Å². The average molecular weight is 384 g/mol. The van der Waals surface area contributed by atoms with Crippen LogP contribution >= 0.6 is 0 Å². The molecule has 0 spiro atoms. The van der Waals surface area contributed by atoms with Gasteiger partial charge in [-0.05, 0) is 38.8 Å². The maximum atomic E-state index is 13.2. The van der Waals surface area contributed by atoms with Gasteiger partial charge in [0.25, 0.3) is 5.91 Å². The third kappa shape index (κ3) is 3.28. The Morgan fingerprint density at radius 3 is 2.39 bits per heavy atom. The fourth-order valence-corrected chi connectivity index (χ4v) is 4.48. The number of fused-ring (bicyclic) bond motifs is 1. The fraction of sp³-hybridized carbons (Fsp3) is 0.571. The van der Waals surface area contributed by atoms with Gasteiger partial charge in [0.2, 0.25) is 11.8 Å². The van der Waals surface area contributed by atoms with E-state index in [9.17, 15) is 14.4 Å². The van der Waals surface area contributed by atoms with Gasteiger partial charge in [0.15, 0.2) is 0 Å². The predicted molar refractivity (Wildman–Crippen MR) is 106 cm³/mol. The Balaban J connectivity index is 1.55. The monoisotopic (exact) mass is 384 g/mol. The van der Waals surface area contributed by atoms with Crippen molar-refractivity contribution in [2.45, 2.75) is 51.7 Å². The highest BCUT2D eigenvalue weighted by Crippen LogP contribution is 2.34. The van der Waals surface area contributed by atoms with Crippen molar-refractivity contribution in [3.63, 3.8) is 0 Å². The second-order valence-corrected chi connectivity index (χ2v) is 8.86. The number of hydrogen-bond acceptors (Lipinski definition) is 5. The topological polar surface area (TPSA) is 73.0 Å². The lowest BCUT2D eigenvalue weighted by atomic mass is 10.0. The van der Waals surface area contributed by atoms with Crippen LogP contribution in [0, 0.1) is 0 Å². The molecular formula is C21H28N4O3.